The fourth-order valence-electron chi connectivity index (χ4n) is 6.56. The molecule has 5 aliphatic rings. The number of rotatable bonds is 8. The molecule has 6 rings (SSSR count). The summed E-state index contributed by atoms with van der Waals surface area (Å²) in [5, 5.41) is 0. The maximum absolute atomic E-state index is 14.0. The fourth-order valence-corrected chi connectivity index (χ4v) is 9.99. The Balaban J connectivity index is 1.24. The van der Waals surface area contributed by atoms with Gasteiger partial charge < -0.3 is 9.47 Å². The van der Waals surface area contributed by atoms with Crippen molar-refractivity contribution in [3.8, 4) is 0 Å². The topological polar surface area (TPSA) is 79.4 Å². The summed E-state index contributed by atoms with van der Waals surface area (Å²) in [6.07, 6.45) is 7.19. The van der Waals surface area contributed by atoms with Crippen LogP contribution in [-0.4, -0.2) is 91.2 Å². The molecule has 0 spiro atoms. The molecule has 2 saturated carbocycles. The molecular formula is C25H36ClN3O5S2. The molecule has 1 amide bonds. The molecule has 5 fully saturated rings. The Labute approximate surface area is 222 Å². The van der Waals surface area contributed by atoms with E-state index in [1.165, 1.54) is 0 Å². The van der Waals surface area contributed by atoms with Gasteiger partial charge in [0.05, 0.1) is 23.6 Å². The van der Waals surface area contributed by atoms with Gasteiger partial charge in [0.2, 0.25) is 0 Å². The van der Waals surface area contributed by atoms with Gasteiger partial charge in [0.1, 0.15) is 9.81 Å². The third-order valence-electron chi connectivity index (χ3n) is 8.58. The summed E-state index contributed by atoms with van der Waals surface area (Å²) < 4.78 is 42.6. The number of thiophene rings is 1. The van der Waals surface area contributed by atoms with Crippen molar-refractivity contribution >= 4 is 39.1 Å². The van der Waals surface area contributed by atoms with E-state index in [2.05, 4.69) is 11.8 Å². The third-order valence-corrected chi connectivity index (χ3v) is 12.2. The summed E-state index contributed by atoms with van der Waals surface area (Å²) in [5.41, 5.74) is -0.826. The highest BCUT2D eigenvalue weighted by Crippen LogP contribution is 2.50. The average molecular weight is 558 g/mol. The van der Waals surface area contributed by atoms with Crippen LogP contribution in [0, 0.1) is 5.92 Å². The predicted molar refractivity (Wildman–Crippen MR) is 138 cm³/mol. The summed E-state index contributed by atoms with van der Waals surface area (Å²) >= 11 is 7.21. The van der Waals surface area contributed by atoms with Gasteiger partial charge in [-0.05, 0) is 63.1 Å². The number of ether oxygens (including phenoxy) is 2. The zero-order valence-electron chi connectivity index (χ0n) is 20.8. The van der Waals surface area contributed by atoms with Crippen LogP contribution in [0.4, 0.5) is 4.79 Å². The van der Waals surface area contributed by atoms with Crippen molar-refractivity contribution < 1.29 is 22.7 Å². The number of likely N-dealkylation sites (tertiary alicyclic amines) is 1. The van der Waals surface area contributed by atoms with Gasteiger partial charge in [-0.1, -0.05) is 31.4 Å². The normalized spacial score (nSPS) is 32.6. The molecule has 3 saturated heterocycles. The van der Waals surface area contributed by atoms with Crippen LogP contribution in [0.15, 0.2) is 16.3 Å². The van der Waals surface area contributed by atoms with Crippen molar-refractivity contribution in [1.29, 1.82) is 0 Å². The molecule has 0 aromatic carbocycles. The van der Waals surface area contributed by atoms with Crippen LogP contribution in [0.5, 0.6) is 0 Å². The minimum absolute atomic E-state index is 0.178. The molecule has 2 bridgehead atoms. The molecular weight excluding hydrogens is 522 g/mol. The number of piperazine rings is 1. The van der Waals surface area contributed by atoms with Gasteiger partial charge in [-0.25, -0.2) is 13.2 Å². The molecule has 36 heavy (non-hydrogen) atoms. The molecule has 200 valence electrons. The van der Waals surface area contributed by atoms with Crippen molar-refractivity contribution in [2.24, 2.45) is 5.92 Å². The van der Waals surface area contributed by atoms with Gasteiger partial charge in [0, 0.05) is 31.2 Å². The Morgan fingerprint density at radius 3 is 2.47 bits per heavy atom. The summed E-state index contributed by atoms with van der Waals surface area (Å²) in [6.45, 7) is 5.64. The Bertz CT molecular complexity index is 1080. The molecule has 4 atom stereocenters. The van der Waals surface area contributed by atoms with Crippen LogP contribution in [0.1, 0.15) is 58.3 Å². The second-order valence-corrected chi connectivity index (χ2v) is 15.0. The third kappa shape index (κ3) is 4.71. The summed E-state index contributed by atoms with van der Waals surface area (Å²) in [7, 11) is -3.81. The molecule has 0 radical (unpaired) electrons. The molecule has 1 aromatic rings. The lowest BCUT2D eigenvalue weighted by atomic mass is 10.0. The first-order valence-electron chi connectivity index (χ1n) is 13.4. The van der Waals surface area contributed by atoms with Crippen molar-refractivity contribution in [1.82, 2.24) is 14.1 Å². The van der Waals surface area contributed by atoms with E-state index in [0.29, 0.717) is 29.7 Å². The van der Waals surface area contributed by atoms with Crippen LogP contribution < -0.4 is 0 Å². The van der Waals surface area contributed by atoms with Gasteiger partial charge in [-0.2, -0.15) is 4.31 Å². The van der Waals surface area contributed by atoms with Gasteiger partial charge in [0.25, 0.3) is 10.0 Å². The van der Waals surface area contributed by atoms with Gasteiger partial charge in [-0.3, -0.25) is 9.80 Å². The molecule has 1 aromatic heterocycles. The number of halogens is 1. The minimum Gasteiger partial charge on any atom is -0.441 e. The quantitative estimate of drug-likeness (QED) is 0.477. The Morgan fingerprint density at radius 1 is 1.17 bits per heavy atom. The Kier molecular flexibility index (Phi) is 6.82. The van der Waals surface area contributed by atoms with Crippen molar-refractivity contribution in [2.75, 3.05) is 32.8 Å². The number of hydrogen-bond donors (Lipinski definition) is 0. The van der Waals surface area contributed by atoms with Crippen molar-refractivity contribution in [3.63, 3.8) is 0 Å². The van der Waals surface area contributed by atoms with E-state index in [1.807, 2.05) is 4.90 Å². The minimum atomic E-state index is -3.81. The SMILES string of the molecule is CCCN1CC2CCC(C1)N2C(=O)OC1([C@H]2COC[C@@H](CC3CC3)N2S(=O)(=O)c2ccc(Cl)s2)CC1. The molecule has 2 aliphatic carbocycles. The van der Waals surface area contributed by atoms with E-state index in [9.17, 15) is 13.2 Å². The van der Waals surface area contributed by atoms with Crippen LogP contribution in [-0.2, 0) is 19.5 Å². The zero-order chi connectivity index (χ0) is 25.1. The van der Waals surface area contributed by atoms with Gasteiger partial charge in [0.15, 0.2) is 0 Å². The van der Waals surface area contributed by atoms with Crippen LogP contribution >= 0.6 is 22.9 Å². The zero-order valence-corrected chi connectivity index (χ0v) is 23.2. The number of sulfonamides is 1. The Hall–Kier alpha value is -0.910. The predicted octanol–water partition coefficient (Wildman–Crippen LogP) is 4.19. The number of hydrogen-bond acceptors (Lipinski definition) is 7. The van der Waals surface area contributed by atoms with E-state index in [4.69, 9.17) is 21.1 Å². The lowest BCUT2D eigenvalue weighted by Crippen LogP contribution is -2.62. The molecule has 2 unspecified atom stereocenters. The number of carbonyl (C=O) groups excluding carboxylic acids is 1. The highest BCUT2D eigenvalue weighted by atomic mass is 35.5. The van der Waals surface area contributed by atoms with Crippen molar-refractivity contribution in [3.05, 3.63) is 16.5 Å². The van der Waals surface area contributed by atoms with Gasteiger partial charge >= 0.3 is 6.09 Å². The summed E-state index contributed by atoms with van der Waals surface area (Å²) in [5.74, 6) is 0.537. The number of carbonyl (C=O) groups is 1. The molecule has 4 heterocycles. The number of amides is 1. The highest BCUT2D eigenvalue weighted by molar-refractivity contribution is 7.91. The number of morpholine rings is 1. The molecule has 0 N–H and O–H groups in total. The Morgan fingerprint density at radius 2 is 1.89 bits per heavy atom. The van der Waals surface area contributed by atoms with Crippen molar-refractivity contribution in [2.45, 2.75) is 92.3 Å². The smallest absolute Gasteiger partial charge is 0.410 e. The van der Waals surface area contributed by atoms with E-state index in [1.54, 1.807) is 16.4 Å². The second kappa shape index (κ2) is 9.68. The average Bonchev–Trinajstić information content (AvgIpc) is 3.75. The fraction of sp³-hybridized carbons (Fsp3) is 0.800. The lowest BCUT2D eigenvalue weighted by Gasteiger charge is -2.45. The standard InChI is InChI=1S/C25H36ClN3O5S2/c1-2-11-27-13-18-5-6-19(14-27)28(18)24(30)34-25(9-10-25)21-16-33-15-20(12-17-3-4-17)29(21)36(31,32)23-8-7-22(26)35-23/h7-8,17-21H,2-6,9-16H2,1H3/t18?,19?,20-,21-/m1/s1. The molecule has 11 heteroatoms. The van der Waals surface area contributed by atoms with E-state index in [0.717, 1.165) is 69.5 Å². The summed E-state index contributed by atoms with van der Waals surface area (Å²) in [4.78, 5) is 18.0. The van der Waals surface area contributed by atoms with Crippen LogP contribution in [0.25, 0.3) is 0 Å². The van der Waals surface area contributed by atoms with Crippen LogP contribution in [0.3, 0.4) is 0 Å². The first-order valence-corrected chi connectivity index (χ1v) is 16.0. The maximum atomic E-state index is 14.0. The van der Waals surface area contributed by atoms with Crippen LogP contribution in [0.2, 0.25) is 4.34 Å². The first-order chi connectivity index (χ1) is 17.3. The van der Waals surface area contributed by atoms with E-state index >= 15 is 0 Å². The van der Waals surface area contributed by atoms with Gasteiger partial charge in [-0.15, -0.1) is 11.3 Å². The highest BCUT2D eigenvalue weighted by Gasteiger charge is 2.61. The summed E-state index contributed by atoms with van der Waals surface area (Å²) in [6, 6.07) is 2.79. The number of nitrogens with zero attached hydrogens (tertiary/aromatic N) is 3. The molecule has 3 aliphatic heterocycles. The maximum Gasteiger partial charge on any atom is 0.410 e. The largest absolute Gasteiger partial charge is 0.441 e. The van der Waals surface area contributed by atoms with E-state index in [-0.39, 0.29) is 35.0 Å². The number of fused-ring (bicyclic) bond motifs is 2. The lowest BCUT2D eigenvalue weighted by molar-refractivity contribution is -0.0778. The first kappa shape index (κ1) is 25.4. The van der Waals surface area contributed by atoms with E-state index < -0.39 is 21.7 Å². The monoisotopic (exact) mass is 557 g/mol. The second-order valence-electron chi connectivity index (χ2n) is 11.3. The molecule has 8 nitrogen and oxygen atoms in total.